The Labute approximate surface area is 151 Å². The van der Waals surface area contributed by atoms with E-state index in [1.54, 1.807) is 36.4 Å². The van der Waals surface area contributed by atoms with Crippen LogP contribution in [0.1, 0.15) is 35.2 Å². The summed E-state index contributed by atoms with van der Waals surface area (Å²) < 4.78 is 0. The van der Waals surface area contributed by atoms with Crippen LogP contribution in [-0.2, 0) is 0 Å². The zero-order chi connectivity index (χ0) is 18.5. The van der Waals surface area contributed by atoms with Crippen molar-refractivity contribution < 1.29 is 9.72 Å². The number of para-hydroxylation sites is 1. The van der Waals surface area contributed by atoms with E-state index >= 15 is 0 Å². The highest BCUT2D eigenvalue weighted by Gasteiger charge is 2.23. The summed E-state index contributed by atoms with van der Waals surface area (Å²) in [5, 5.41) is 23.3. The van der Waals surface area contributed by atoms with E-state index in [1.807, 2.05) is 11.0 Å². The van der Waals surface area contributed by atoms with Gasteiger partial charge in [0.15, 0.2) is 0 Å². The number of nitrogens with one attached hydrogen (secondary N) is 1. The number of nitro groups is 1. The summed E-state index contributed by atoms with van der Waals surface area (Å²) in [5.74, 6) is -0.485. The molecule has 0 aromatic heterocycles. The van der Waals surface area contributed by atoms with Gasteiger partial charge in [0.05, 0.1) is 16.2 Å². The number of benzene rings is 2. The van der Waals surface area contributed by atoms with Gasteiger partial charge < -0.3 is 10.2 Å². The molecule has 0 aliphatic carbocycles. The zero-order valence-corrected chi connectivity index (χ0v) is 14.1. The molecule has 2 aromatic rings. The van der Waals surface area contributed by atoms with Gasteiger partial charge in [0.25, 0.3) is 11.6 Å². The summed E-state index contributed by atoms with van der Waals surface area (Å²) >= 11 is 0. The Balaban J connectivity index is 1.88. The Hall–Kier alpha value is -3.40. The number of hydrogen-bond donors (Lipinski definition) is 1. The van der Waals surface area contributed by atoms with E-state index in [1.165, 1.54) is 6.07 Å². The molecule has 1 amide bonds. The molecule has 7 nitrogen and oxygen atoms in total. The molecule has 2 aromatic carbocycles. The molecule has 7 heteroatoms. The summed E-state index contributed by atoms with van der Waals surface area (Å²) in [4.78, 5) is 25.5. The fourth-order valence-corrected chi connectivity index (χ4v) is 3.10. The maximum Gasteiger partial charge on any atom is 0.293 e. The Morgan fingerprint density at radius 2 is 1.88 bits per heavy atom. The molecule has 1 heterocycles. The Kier molecular flexibility index (Phi) is 5.13. The number of carbonyl (C=O) groups excluding carboxylic acids is 1. The maximum atomic E-state index is 12.5. The van der Waals surface area contributed by atoms with Crippen molar-refractivity contribution >= 4 is 23.0 Å². The summed E-state index contributed by atoms with van der Waals surface area (Å²) in [6.07, 6.45) is 3.14. The zero-order valence-electron chi connectivity index (χ0n) is 14.1. The van der Waals surface area contributed by atoms with Crippen LogP contribution in [0.5, 0.6) is 0 Å². The van der Waals surface area contributed by atoms with Crippen LogP contribution in [-0.4, -0.2) is 23.9 Å². The fraction of sp³-hybridized carbons (Fsp3) is 0.263. The number of carbonyl (C=O) groups is 1. The van der Waals surface area contributed by atoms with Gasteiger partial charge in [-0.2, -0.15) is 5.26 Å². The van der Waals surface area contributed by atoms with Crippen molar-refractivity contribution in [2.75, 3.05) is 23.3 Å². The van der Waals surface area contributed by atoms with Crippen LogP contribution >= 0.6 is 0 Å². The molecule has 1 aliphatic heterocycles. The molecular weight excluding hydrogens is 332 g/mol. The summed E-state index contributed by atoms with van der Waals surface area (Å²) in [6.45, 7) is 1.56. The van der Waals surface area contributed by atoms with Crippen molar-refractivity contribution in [2.45, 2.75) is 19.3 Å². The van der Waals surface area contributed by atoms with Gasteiger partial charge in [-0.3, -0.25) is 14.9 Å². The van der Waals surface area contributed by atoms with Gasteiger partial charge in [0, 0.05) is 24.7 Å². The number of nitriles is 1. The minimum atomic E-state index is -0.485. The third-order valence-corrected chi connectivity index (χ3v) is 4.43. The largest absolute Gasteiger partial charge is 0.366 e. The first kappa shape index (κ1) is 17.4. The van der Waals surface area contributed by atoms with Crippen LogP contribution in [0.4, 0.5) is 17.1 Å². The number of anilines is 2. The van der Waals surface area contributed by atoms with Crippen LogP contribution in [0.3, 0.4) is 0 Å². The quantitative estimate of drug-likeness (QED) is 0.669. The van der Waals surface area contributed by atoms with E-state index in [4.69, 9.17) is 5.26 Å². The topological polar surface area (TPSA) is 99.3 Å². The van der Waals surface area contributed by atoms with Crippen molar-refractivity contribution in [3.8, 4) is 6.07 Å². The molecule has 0 saturated carbocycles. The van der Waals surface area contributed by atoms with Gasteiger partial charge in [-0.05, 0) is 43.5 Å². The standard InChI is InChI=1S/C19H18N4O3/c20-13-15-6-2-3-7-16(15)21-19(24)14-8-9-17(18(12-14)23(25)26)22-10-4-1-5-11-22/h2-3,6-9,12H,1,4-5,10-11H2,(H,21,24). The van der Waals surface area contributed by atoms with Gasteiger partial charge >= 0.3 is 0 Å². The van der Waals surface area contributed by atoms with E-state index < -0.39 is 10.8 Å². The van der Waals surface area contributed by atoms with Gasteiger partial charge in [-0.15, -0.1) is 0 Å². The molecule has 0 spiro atoms. The lowest BCUT2D eigenvalue weighted by atomic mass is 10.1. The molecule has 0 unspecified atom stereocenters. The van der Waals surface area contributed by atoms with Crippen molar-refractivity contribution in [3.05, 3.63) is 63.7 Å². The molecule has 132 valence electrons. The Bertz CT molecular complexity index is 883. The van der Waals surface area contributed by atoms with Crippen molar-refractivity contribution in [3.63, 3.8) is 0 Å². The second-order valence-corrected chi connectivity index (χ2v) is 6.12. The molecule has 0 bridgehead atoms. The first-order valence-electron chi connectivity index (χ1n) is 8.44. The molecule has 0 radical (unpaired) electrons. The number of nitrogens with zero attached hydrogens (tertiary/aromatic N) is 3. The maximum absolute atomic E-state index is 12.5. The minimum Gasteiger partial charge on any atom is -0.366 e. The normalized spacial score (nSPS) is 13.7. The Morgan fingerprint density at radius 1 is 1.15 bits per heavy atom. The third-order valence-electron chi connectivity index (χ3n) is 4.43. The van der Waals surface area contributed by atoms with Gasteiger partial charge in [0.1, 0.15) is 11.8 Å². The van der Waals surface area contributed by atoms with Crippen LogP contribution in [0.2, 0.25) is 0 Å². The average Bonchev–Trinajstić information content (AvgIpc) is 2.68. The first-order valence-corrected chi connectivity index (χ1v) is 8.44. The summed E-state index contributed by atoms with van der Waals surface area (Å²) in [5.41, 5.74) is 1.37. The predicted molar refractivity (Wildman–Crippen MR) is 98.3 cm³/mol. The number of hydrogen-bond acceptors (Lipinski definition) is 5. The van der Waals surface area contributed by atoms with E-state index in [9.17, 15) is 14.9 Å². The average molecular weight is 350 g/mol. The highest BCUT2D eigenvalue weighted by atomic mass is 16.6. The van der Waals surface area contributed by atoms with E-state index in [2.05, 4.69) is 5.32 Å². The summed E-state index contributed by atoms with van der Waals surface area (Å²) in [6, 6.07) is 13.1. The fourth-order valence-electron chi connectivity index (χ4n) is 3.10. The van der Waals surface area contributed by atoms with Crippen LogP contribution in [0.15, 0.2) is 42.5 Å². The van der Waals surface area contributed by atoms with Crippen LogP contribution < -0.4 is 10.2 Å². The summed E-state index contributed by atoms with van der Waals surface area (Å²) in [7, 11) is 0. The van der Waals surface area contributed by atoms with Crippen LogP contribution in [0.25, 0.3) is 0 Å². The molecule has 1 N–H and O–H groups in total. The highest BCUT2D eigenvalue weighted by Crippen LogP contribution is 2.31. The molecule has 1 fully saturated rings. The van der Waals surface area contributed by atoms with E-state index in [-0.39, 0.29) is 11.3 Å². The third kappa shape index (κ3) is 3.64. The lowest BCUT2D eigenvalue weighted by molar-refractivity contribution is -0.384. The second kappa shape index (κ2) is 7.66. The lowest BCUT2D eigenvalue weighted by Crippen LogP contribution is -2.30. The molecule has 1 aliphatic rings. The Morgan fingerprint density at radius 3 is 2.58 bits per heavy atom. The molecule has 3 rings (SSSR count). The monoisotopic (exact) mass is 350 g/mol. The van der Waals surface area contributed by atoms with Crippen LogP contribution in [0, 0.1) is 21.4 Å². The SMILES string of the molecule is N#Cc1ccccc1NC(=O)c1ccc(N2CCCCC2)c([N+](=O)[O-])c1. The molecule has 26 heavy (non-hydrogen) atoms. The lowest BCUT2D eigenvalue weighted by Gasteiger charge is -2.28. The minimum absolute atomic E-state index is 0.0758. The van der Waals surface area contributed by atoms with Gasteiger partial charge in [0.2, 0.25) is 0 Å². The van der Waals surface area contributed by atoms with Gasteiger partial charge in [-0.1, -0.05) is 12.1 Å². The predicted octanol–water partition coefficient (Wildman–Crippen LogP) is 3.71. The second-order valence-electron chi connectivity index (χ2n) is 6.12. The van der Waals surface area contributed by atoms with E-state index in [0.717, 1.165) is 32.4 Å². The van der Waals surface area contributed by atoms with E-state index in [0.29, 0.717) is 16.9 Å². The number of amides is 1. The molecule has 0 atom stereocenters. The van der Waals surface area contributed by atoms with Crippen molar-refractivity contribution in [1.82, 2.24) is 0 Å². The smallest absolute Gasteiger partial charge is 0.293 e. The number of piperidine rings is 1. The number of nitro benzene ring substituents is 1. The molecule has 1 saturated heterocycles. The number of rotatable bonds is 4. The van der Waals surface area contributed by atoms with Crippen molar-refractivity contribution in [2.24, 2.45) is 0 Å². The van der Waals surface area contributed by atoms with Gasteiger partial charge in [-0.25, -0.2) is 0 Å². The van der Waals surface area contributed by atoms with Crippen molar-refractivity contribution in [1.29, 1.82) is 5.26 Å². The highest BCUT2D eigenvalue weighted by molar-refractivity contribution is 6.05. The molecular formula is C19H18N4O3. The first-order chi connectivity index (χ1) is 12.6.